The van der Waals surface area contributed by atoms with Crippen molar-refractivity contribution < 1.29 is 19.0 Å². The third-order valence-electron chi connectivity index (χ3n) is 4.50. The SMILES string of the molecule is COC(=O)NCCC[C@@](O)(c1ccccc1F)[C@@H]1CCCNC1. The fourth-order valence-corrected chi connectivity index (χ4v) is 3.25. The molecule has 1 aromatic carbocycles. The molecule has 0 aliphatic carbocycles. The number of ether oxygens (including phenoxy) is 1. The van der Waals surface area contributed by atoms with Gasteiger partial charge in [-0.2, -0.15) is 0 Å². The Morgan fingerprint density at radius 3 is 2.96 bits per heavy atom. The molecule has 0 aromatic heterocycles. The average molecular weight is 324 g/mol. The molecule has 2 rings (SSSR count). The zero-order valence-electron chi connectivity index (χ0n) is 13.5. The number of benzene rings is 1. The first kappa shape index (κ1) is 17.7. The summed E-state index contributed by atoms with van der Waals surface area (Å²) in [6.07, 6.45) is 2.23. The van der Waals surface area contributed by atoms with Gasteiger partial charge in [-0.25, -0.2) is 9.18 Å². The van der Waals surface area contributed by atoms with Crippen molar-refractivity contribution in [3.05, 3.63) is 35.6 Å². The third kappa shape index (κ3) is 4.42. The molecule has 2 atom stereocenters. The van der Waals surface area contributed by atoms with Gasteiger partial charge in [-0.05, 0) is 38.3 Å². The Hall–Kier alpha value is -1.66. The summed E-state index contributed by atoms with van der Waals surface area (Å²) in [5, 5.41) is 17.2. The molecule has 6 heteroatoms. The van der Waals surface area contributed by atoms with Crippen LogP contribution in [0.15, 0.2) is 24.3 Å². The molecule has 1 fully saturated rings. The number of nitrogens with one attached hydrogen (secondary N) is 2. The zero-order valence-corrected chi connectivity index (χ0v) is 13.5. The highest BCUT2D eigenvalue weighted by Gasteiger charge is 2.40. The smallest absolute Gasteiger partial charge is 0.406 e. The summed E-state index contributed by atoms with van der Waals surface area (Å²) in [5.74, 6) is -0.437. The van der Waals surface area contributed by atoms with Gasteiger partial charge in [0, 0.05) is 24.6 Å². The Morgan fingerprint density at radius 1 is 1.52 bits per heavy atom. The van der Waals surface area contributed by atoms with E-state index < -0.39 is 11.7 Å². The number of rotatable bonds is 6. The van der Waals surface area contributed by atoms with Crippen molar-refractivity contribution in [2.24, 2.45) is 5.92 Å². The highest BCUT2D eigenvalue weighted by Crippen LogP contribution is 2.38. The second-order valence-corrected chi connectivity index (χ2v) is 5.97. The minimum absolute atomic E-state index is 0.0497. The number of piperidine rings is 1. The summed E-state index contributed by atoms with van der Waals surface area (Å²) < 4.78 is 18.8. The fraction of sp³-hybridized carbons (Fsp3) is 0.588. The van der Waals surface area contributed by atoms with E-state index in [2.05, 4.69) is 15.4 Å². The van der Waals surface area contributed by atoms with Gasteiger partial charge in [0.2, 0.25) is 0 Å². The number of aliphatic hydroxyl groups is 1. The maximum absolute atomic E-state index is 14.3. The van der Waals surface area contributed by atoms with Crippen LogP contribution in [0.25, 0.3) is 0 Å². The van der Waals surface area contributed by atoms with Gasteiger partial charge < -0.3 is 20.5 Å². The third-order valence-corrected chi connectivity index (χ3v) is 4.50. The van der Waals surface area contributed by atoms with Crippen molar-refractivity contribution in [3.8, 4) is 0 Å². The normalized spacial score (nSPS) is 20.6. The van der Waals surface area contributed by atoms with Gasteiger partial charge in [-0.15, -0.1) is 0 Å². The predicted octanol–water partition coefficient (Wildman–Crippen LogP) is 2.15. The van der Waals surface area contributed by atoms with Crippen molar-refractivity contribution in [1.82, 2.24) is 10.6 Å². The van der Waals surface area contributed by atoms with Gasteiger partial charge in [-0.1, -0.05) is 18.2 Å². The van der Waals surface area contributed by atoms with E-state index in [-0.39, 0.29) is 11.7 Å². The topological polar surface area (TPSA) is 70.6 Å². The van der Waals surface area contributed by atoms with Crippen molar-refractivity contribution in [1.29, 1.82) is 0 Å². The number of alkyl carbamates (subject to hydrolysis) is 1. The van der Waals surface area contributed by atoms with Crippen LogP contribution in [0.1, 0.15) is 31.2 Å². The largest absolute Gasteiger partial charge is 0.453 e. The van der Waals surface area contributed by atoms with Crippen LogP contribution in [-0.4, -0.2) is 37.9 Å². The molecule has 5 nitrogen and oxygen atoms in total. The molecule has 0 unspecified atom stereocenters. The Morgan fingerprint density at radius 2 is 2.30 bits per heavy atom. The summed E-state index contributed by atoms with van der Waals surface area (Å²) >= 11 is 0. The molecule has 0 spiro atoms. The zero-order chi connectivity index (χ0) is 16.7. The fourth-order valence-electron chi connectivity index (χ4n) is 3.25. The molecule has 0 radical (unpaired) electrons. The maximum atomic E-state index is 14.3. The molecular formula is C17H25FN2O3. The number of halogens is 1. The number of amides is 1. The van der Waals surface area contributed by atoms with Crippen LogP contribution >= 0.6 is 0 Å². The minimum atomic E-state index is -1.24. The van der Waals surface area contributed by atoms with Gasteiger partial charge in [-0.3, -0.25) is 0 Å². The van der Waals surface area contributed by atoms with Gasteiger partial charge in [0.1, 0.15) is 5.82 Å². The molecule has 128 valence electrons. The van der Waals surface area contributed by atoms with Crippen LogP contribution in [0.3, 0.4) is 0 Å². The Labute approximate surface area is 136 Å². The van der Waals surface area contributed by atoms with Gasteiger partial charge in [0.15, 0.2) is 0 Å². The second-order valence-electron chi connectivity index (χ2n) is 5.97. The lowest BCUT2D eigenvalue weighted by atomic mass is 9.74. The molecule has 1 aliphatic heterocycles. The van der Waals surface area contributed by atoms with E-state index >= 15 is 0 Å². The van der Waals surface area contributed by atoms with Crippen molar-refractivity contribution in [2.45, 2.75) is 31.3 Å². The van der Waals surface area contributed by atoms with E-state index in [1.165, 1.54) is 13.2 Å². The highest BCUT2D eigenvalue weighted by molar-refractivity contribution is 5.66. The first-order valence-electron chi connectivity index (χ1n) is 8.08. The monoisotopic (exact) mass is 324 g/mol. The number of hydrogen-bond acceptors (Lipinski definition) is 4. The first-order chi connectivity index (χ1) is 11.1. The molecule has 0 bridgehead atoms. The van der Waals surface area contributed by atoms with E-state index in [9.17, 15) is 14.3 Å². The van der Waals surface area contributed by atoms with Crippen LogP contribution in [0.5, 0.6) is 0 Å². The summed E-state index contributed by atoms with van der Waals surface area (Å²) in [6, 6.07) is 6.39. The quantitative estimate of drug-likeness (QED) is 0.701. The highest BCUT2D eigenvalue weighted by atomic mass is 19.1. The average Bonchev–Trinajstić information content (AvgIpc) is 2.59. The molecule has 3 N–H and O–H groups in total. The second kappa shape index (κ2) is 8.26. The Bertz CT molecular complexity index is 520. The van der Waals surface area contributed by atoms with Crippen molar-refractivity contribution in [2.75, 3.05) is 26.7 Å². The summed E-state index contributed by atoms with van der Waals surface area (Å²) in [6.45, 7) is 1.96. The van der Waals surface area contributed by atoms with Crippen LogP contribution in [-0.2, 0) is 10.3 Å². The lowest BCUT2D eigenvalue weighted by Gasteiger charge is -2.39. The predicted molar refractivity (Wildman–Crippen MR) is 85.5 cm³/mol. The van der Waals surface area contributed by atoms with E-state index in [0.717, 1.165) is 19.4 Å². The molecule has 1 amide bonds. The molecule has 23 heavy (non-hydrogen) atoms. The van der Waals surface area contributed by atoms with E-state index in [1.807, 2.05) is 0 Å². The molecule has 1 heterocycles. The van der Waals surface area contributed by atoms with Crippen molar-refractivity contribution >= 4 is 6.09 Å². The van der Waals surface area contributed by atoms with Gasteiger partial charge in [0.05, 0.1) is 12.7 Å². The van der Waals surface area contributed by atoms with Crippen molar-refractivity contribution in [3.63, 3.8) is 0 Å². The molecule has 1 aliphatic rings. The lowest BCUT2D eigenvalue weighted by Crippen LogP contribution is -2.45. The first-order valence-corrected chi connectivity index (χ1v) is 8.08. The van der Waals surface area contributed by atoms with Crippen LogP contribution < -0.4 is 10.6 Å². The van der Waals surface area contributed by atoms with E-state index in [4.69, 9.17) is 0 Å². The maximum Gasteiger partial charge on any atom is 0.406 e. The summed E-state index contributed by atoms with van der Waals surface area (Å²) in [7, 11) is 1.30. The molecular weight excluding hydrogens is 299 g/mol. The lowest BCUT2D eigenvalue weighted by molar-refractivity contribution is -0.0447. The van der Waals surface area contributed by atoms with Crippen LogP contribution in [0, 0.1) is 11.7 Å². The Kier molecular flexibility index (Phi) is 6.36. The molecule has 1 saturated heterocycles. The number of carbonyl (C=O) groups excluding carboxylic acids is 1. The minimum Gasteiger partial charge on any atom is -0.453 e. The van der Waals surface area contributed by atoms with Crippen LogP contribution in [0.4, 0.5) is 9.18 Å². The summed E-state index contributed by atoms with van der Waals surface area (Å²) in [4.78, 5) is 11.1. The number of carbonyl (C=O) groups is 1. The van der Waals surface area contributed by atoms with E-state index in [0.29, 0.717) is 31.5 Å². The standard InChI is InChI=1S/C17H25FN2O3/c1-23-16(21)20-11-5-9-17(22,13-6-4-10-19-12-13)14-7-2-3-8-15(14)18/h2-3,7-8,13,19,22H,4-6,9-12H2,1H3,(H,20,21)/t13-,17+/m1/s1. The van der Waals surface area contributed by atoms with Gasteiger partial charge in [0.25, 0.3) is 0 Å². The van der Waals surface area contributed by atoms with Crippen LogP contribution in [0.2, 0.25) is 0 Å². The number of methoxy groups -OCH3 is 1. The van der Waals surface area contributed by atoms with Gasteiger partial charge >= 0.3 is 6.09 Å². The Balaban J connectivity index is 2.11. The molecule has 0 saturated carbocycles. The number of hydrogen-bond donors (Lipinski definition) is 3. The molecule has 1 aromatic rings. The van der Waals surface area contributed by atoms with E-state index in [1.54, 1.807) is 18.2 Å². The summed E-state index contributed by atoms with van der Waals surface area (Å²) in [5.41, 5.74) is -0.900.